The lowest BCUT2D eigenvalue weighted by Crippen LogP contribution is -2.36. The van der Waals surface area contributed by atoms with Crippen LogP contribution in [0, 0.1) is 9.39 Å². The van der Waals surface area contributed by atoms with Crippen molar-refractivity contribution in [3.05, 3.63) is 63.5 Å². The summed E-state index contributed by atoms with van der Waals surface area (Å²) < 4.78 is 13.7. The highest BCUT2D eigenvalue weighted by atomic mass is 127. The fraction of sp³-hybridized carbons (Fsp3) is 0.188. The van der Waals surface area contributed by atoms with Gasteiger partial charge in [-0.25, -0.2) is 4.39 Å². The number of hydrogen-bond donors (Lipinski definition) is 2. The molecule has 0 aromatic heterocycles. The average Bonchev–Trinajstić information content (AvgIpc) is 2.48. The molecule has 0 radical (unpaired) electrons. The summed E-state index contributed by atoms with van der Waals surface area (Å²) in [5, 5.41) is 2.74. The molecular formula is C16H16FIN2O. The van der Waals surface area contributed by atoms with Gasteiger partial charge in [-0.3, -0.25) is 4.79 Å². The molecular weight excluding hydrogens is 382 g/mol. The second-order valence-corrected chi connectivity index (χ2v) is 5.91. The van der Waals surface area contributed by atoms with Gasteiger partial charge in [0.2, 0.25) is 5.91 Å². The van der Waals surface area contributed by atoms with Crippen molar-refractivity contribution in [1.82, 2.24) is 0 Å². The Kier molecular flexibility index (Phi) is 5.69. The smallest absolute Gasteiger partial charge is 0.241 e. The van der Waals surface area contributed by atoms with Crippen molar-refractivity contribution in [1.29, 1.82) is 0 Å². The molecule has 3 nitrogen and oxygen atoms in total. The molecule has 5 heteroatoms. The number of nitrogens with one attached hydrogen (secondary N) is 1. The van der Waals surface area contributed by atoms with Crippen LogP contribution < -0.4 is 11.1 Å². The first kappa shape index (κ1) is 15.9. The molecule has 0 aliphatic rings. The van der Waals surface area contributed by atoms with Gasteiger partial charge in [0.15, 0.2) is 0 Å². The van der Waals surface area contributed by atoms with Gasteiger partial charge in [-0.2, -0.15) is 0 Å². The van der Waals surface area contributed by atoms with Gasteiger partial charge in [-0.15, -0.1) is 0 Å². The normalized spacial score (nSPS) is 12.0. The molecule has 110 valence electrons. The molecule has 0 bridgehead atoms. The Balaban J connectivity index is 1.90. The molecule has 0 aliphatic carbocycles. The van der Waals surface area contributed by atoms with Crippen molar-refractivity contribution in [3.8, 4) is 0 Å². The van der Waals surface area contributed by atoms with E-state index >= 15 is 0 Å². The van der Waals surface area contributed by atoms with Crippen LogP contribution >= 0.6 is 22.6 Å². The predicted molar refractivity (Wildman–Crippen MR) is 90.5 cm³/mol. The molecule has 1 amide bonds. The predicted octanol–water partition coefficient (Wildman–Crippen LogP) is 3.33. The molecule has 0 spiro atoms. The summed E-state index contributed by atoms with van der Waals surface area (Å²) in [5.41, 5.74) is 7.64. The van der Waals surface area contributed by atoms with Crippen molar-refractivity contribution >= 4 is 34.2 Å². The zero-order chi connectivity index (χ0) is 15.2. The molecule has 0 fully saturated rings. The lowest BCUT2D eigenvalue weighted by Gasteiger charge is -2.13. The fourth-order valence-corrected chi connectivity index (χ4v) is 2.53. The molecule has 2 rings (SSSR count). The zero-order valence-corrected chi connectivity index (χ0v) is 13.5. The van der Waals surface area contributed by atoms with Crippen LogP contribution in [-0.4, -0.2) is 11.9 Å². The Labute approximate surface area is 136 Å². The maximum absolute atomic E-state index is 13.0. The van der Waals surface area contributed by atoms with E-state index in [-0.39, 0.29) is 11.7 Å². The van der Waals surface area contributed by atoms with E-state index < -0.39 is 6.04 Å². The number of aryl methyl sites for hydroxylation is 1. The van der Waals surface area contributed by atoms with E-state index in [4.69, 9.17) is 5.73 Å². The van der Waals surface area contributed by atoms with Crippen LogP contribution in [0.15, 0.2) is 48.5 Å². The molecule has 1 atom stereocenters. The van der Waals surface area contributed by atoms with Crippen LogP contribution in [0.3, 0.4) is 0 Å². The van der Waals surface area contributed by atoms with Crippen molar-refractivity contribution < 1.29 is 9.18 Å². The van der Waals surface area contributed by atoms with E-state index in [9.17, 15) is 9.18 Å². The van der Waals surface area contributed by atoms with Crippen molar-refractivity contribution in [3.63, 3.8) is 0 Å². The molecule has 2 aromatic rings. The van der Waals surface area contributed by atoms with Crippen LogP contribution in [0.2, 0.25) is 0 Å². The van der Waals surface area contributed by atoms with Gasteiger partial charge in [-0.05, 0) is 59.2 Å². The van der Waals surface area contributed by atoms with Gasteiger partial charge in [0, 0.05) is 3.57 Å². The van der Waals surface area contributed by atoms with Gasteiger partial charge >= 0.3 is 0 Å². The standard InChI is InChI=1S/C16H16FIN2O/c17-12-7-9-15(13(18)10-12)20-16(21)14(19)8-6-11-4-2-1-3-5-11/h1-5,7,9-10,14H,6,8,19H2,(H,20,21)/t14-/m0/s1. The molecule has 21 heavy (non-hydrogen) atoms. The van der Waals surface area contributed by atoms with Crippen molar-refractivity contribution in [2.45, 2.75) is 18.9 Å². The second kappa shape index (κ2) is 7.51. The Morgan fingerprint density at radius 3 is 2.62 bits per heavy atom. The number of nitrogens with two attached hydrogens (primary N) is 1. The lowest BCUT2D eigenvalue weighted by atomic mass is 10.1. The summed E-state index contributed by atoms with van der Waals surface area (Å²) >= 11 is 1.98. The number of benzene rings is 2. The van der Waals surface area contributed by atoms with Crippen molar-refractivity contribution in [2.75, 3.05) is 5.32 Å². The quantitative estimate of drug-likeness (QED) is 0.760. The first-order chi connectivity index (χ1) is 10.1. The van der Waals surface area contributed by atoms with Crippen LogP contribution in [0.5, 0.6) is 0 Å². The van der Waals surface area contributed by atoms with Crippen LogP contribution in [-0.2, 0) is 11.2 Å². The summed E-state index contributed by atoms with van der Waals surface area (Å²) in [7, 11) is 0. The summed E-state index contributed by atoms with van der Waals surface area (Å²) in [5.74, 6) is -0.582. The monoisotopic (exact) mass is 398 g/mol. The molecule has 0 saturated carbocycles. The third-order valence-corrected chi connectivity index (χ3v) is 4.01. The van der Waals surface area contributed by atoms with Gasteiger partial charge in [-0.1, -0.05) is 30.3 Å². The number of halogens is 2. The maximum atomic E-state index is 13.0. The zero-order valence-electron chi connectivity index (χ0n) is 11.4. The van der Waals surface area contributed by atoms with E-state index in [1.165, 1.54) is 12.1 Å². The van der Waals surface area contributed by atoms with Gasteiger partial charge in [0.1, 0.15) is 5.82 Å². The summed E-state index contributed by atoms with van der Waals surface area (Å²) in [6.45, 7) is 0. The minimum absolute atomic E-state index is 0.254. The SMILES string of the molecule is N[C@@H](CCc1ccccc1)C(=O)Nc1ccc(F)cc1I. The summed E-state index contributed by atoms with van der Waals surface area (Å²) in [6.07, 6.45) is 1.31. The van der Waals surface area contributed by atoms with Crippen LogP contribution in [0.25, 0.3) is 0 Å². The second-order valence-electron chi connectivity index (χ2n) is 4.74. The highest BCUT2D eigenvalue weighted by molar-refractivity contribution is 14.1. The van der Waals surface area contributed by atoms with Gasteiger partial charge in [0.05, 0.1) is 11.7 Å². The first-order valence-corrected chi connectivity index (χ1v) is 7.69. The van der Waals surface area contributed by atoms with E-state index in [0.717, 1.165) is 12.0 Å². The number of carbonyl (C=O) groups excluding carboxylic acids is 1. The number of amides is 1. The van der Waals surface area contributed by atoms with E-state index in [2.05, 4.69) is 5.32 Å². The Bertz CT molecular complexity index is 619. The van der Waals surface area contributed by atoms with Crippen molar-refractivity contribution in [2.24, 2.45) is 5.73 Å². The van der Waals surface area contributed by atoms with Crippen LogP contribution in [0.4, 0.5) is 10.1 Å². The molecule has 0 heterocycles. The molecule has 0 unspecified atom stereocenters. The number of anilines is 1. The highest BCUT2D eigenvalue weighted by Gasteiger charge is 2.14. The average molecular weight is 398 g/mol. The maximum Gasteiger partial charge on any atom is 0.241 e. The topological polar surface area (TPSA) is 55.1 Å². The first-order valence-electron chi connectivity index (χ1n) is 6.61. The van der Waals surface area contributed by atoms with Gasteiger partial charge in [0.25, 0.3) is 0 Å². The molecule has 0 aliphatic heterocycles. The number of carbonyl (C=O) groups is 1. The molecule has 2 aromatic carbocycles. The fourth-order valence-electron chi connectivity index (χ4n) is 1.91. The van der Waals surface area contributed by atoms with Crippen LogP contribution in [0.1, 0.15) is 12.0 Å². The third-order valence-electron chi connectivity index (χ3n) is 3.11. The largest absolute Gasteiger partial charge is 0.324 e. The molecule has 3 N–H and O–H groups in total. The Morgan fingerprint density at radius 2 is 1.95 bits per heavy atom. The van der Waals surface area contributed by atoms with E-state index in [1.54, 1.807) is 6.07 Å². The van der Waals surface area contributed by atoms with Gasteiger partial charge < -0.3 is 11.1 Å². The number of hydrogen-bond acceptors (Lipinski definition) is 2. The molecule has 0 saturated heterocycles. The lowest BCUT2D eigenvalue weighted by molar-refractivity contribution is -0.117. The minimum atomic E-state index is -0.592. The highest BCUT2D eigenvalue weighted by Crippen LogP contribution is 2.19. The van der Waals surface area contributed by atoms with E-state index in [0.29, 0.717) is 15.7 Å². The number of rotatable bonds is 5. The summed E-state index contributed by atoms with van der Waals surface area (Å²) in [4.78, 5) is 12.0. The Morgan fingerprint density at radius 1 is 1.24 bits per heavy atom. The third kappa shape index (κ3) is 4.78. The minimum Gasteiger partial charge on any atom is -0.324 e. The Hall–Kier alpha value is -1.47. The van der Waals surface area contributed by atoms with E-state index in [1.807, 2.05) is 52.9 Å². The summed E-state index contributed by atoms with van der Waals surface area (Å²) in [6, 6.07) is 13.5.